The molecule has 0 aromatic heterocycles. The fourth-order valence-corrected chi connectivity index (χ4v) is 5.37. The first-order chi connectivity index (χ1) is 10.7. The Morgan fingerprint density at radius 3 is 2.57 bits per heavy atom. The summed E-state index contributed by atoms with van der Waals surface area (Å²) in [7, 11) is -3.50. The zero-order valence-corrected chi connectivity index (χ0v) is 14.4. The molecular weight excluding hydrogens is 310 g/mol. The Hall–Kier alpha value is -1.59. The molecule has 122 valence electrons. The van der Waals surface area contributed by atoms with Crippen LogP contribution in [0, 0.1) is 12.8 Å². The molecule has 0 saturated carbocycles. The Morgan fingerprint density at radius 1 is 1.17 bits per heavy atom. The predicted molar refractivity (Wildman–Crippen MR) is 88.3 cm³/mol. The highest BCUT2D eigenvalue weighted by Gasteiger charge is 2.57. The second-order valence-corrected chi connectivity index (χ2v) is 8.97. The zero-order chi connectivity index (χ0) is 16.5. The quantitative estimate of drug-likeness (QED) is 0.783. The minimum absolute atomic E-state index is 0.266. The highest BCUT2D eigenvalue weighted by Crippen LogP contribution is 2.55. The Bertz CT molecular complexity index is 824. The molecule has 0 aliphatic carbocycles. The van der Waals surface area contributed by atoms with E-state index in [1.807, 2.05) is 26.0 Å². The molecule has 3 aliphatic rings. The first-order valence-corrected chi connectivity index (χ1v) is 9.40. The summed E-state index contributed by atoms with van der Waals surface area (Å²) in [6.45, 7) is 6.55. The third kappa shape index (κ3) is 2.03. The van der Waals surface area contributed by atoms with Gasteiger partial charge in [-0.05, 0) is 44.9 Å². The number of aryl methyl sites for hydroxylation is 1. The molecule has 0 radical (unpaired) electrons. The zero-order valence-electron chi connectivity index (χ0n) is 13.6. The fraction of sp³-hybridized carbons (Fsp3) is 0.444. The summed E-state index contributed by atoms with van der Waals surface area (Å²) >= 11 is 0. The van der Waals surface area contributed by atoms with Gasteiger partial charge in [-0.1, -0.05) is 29.8 Å². The Balaban J connectivity index is 1.74. The number of hydrogen-bond acceptors (Lipinski definition) is 3. The van der Waals surface area contributed by atoms with Crippen molar-refractivity contribution in [3.8, 4) is 0 Å². The molecule has 5 heteroatoms. The number of nitrogens with zero attached hydrogens (tertiary/aromatic N) is 1. The topological polar surface area (TPSA) is 46.6 Å². The van der Waals surface area contributed by atoms with E-state index in [-0.39, 0.29) is 11.5 Å². The Kier molecular flexibility index (Phi) is 2.92. The van der Waals surface area contributed by atoms with Crippen LogP contribution in [0.2, 0.25) is 0 Å². The minimum atomic E-state index is -3.50. The molecule has 3 aliphatic heterocycles. The SMILES string of the molecule is Cc1ccc(S(=O)(=O)N2C=C3[C@H](CC2)[C@]2(C)C=C[C@@]3(C)O2)cc1. The molecule has 0 unspecified atom stereocenters. The molecule has 0 N–H and O–H groups in total. The Morgan fingerprint density at radius 2 is 1.87 bits per heavy atom. The first-order valence-electron chi connectivity index (χ1n) is 7.96. The van der Waals surface area contributed by atoms with Crippen LogP contribution in [0.25, 0.3) is 0 Å². The number of benzene rings is 1. The van der Waals surface area contributed by atoms with Gasteiger partial charge < -0.3 is 4.74 Å². The molecule has 23 heavy (non-hydrogen) atoms. The van der Waals surface area contributed by atoms with E-state index in [1.54, 1.807) is 18.3 Å². The van der Waals surface area contributed by atoms with E-state index in [4.69, 9.17) is 4.74 Å². The molecule has 0 amide bonds. The summed E-state index contributed by atoms with van der Waals surface area (Å²) in [5.41, 5.74) is 1.36. The van der Waals surface area contributed by atoms with E-state index in [9.17, 15) is 8.42 Å². The van der Waals surface area contributed by atoms with Crippen molar-refractivity contribution in [3.63, 3.8) is 0 Å². The molecule has 4 rings (SSSR count). The summed E-state index contributed by atoms with van der Waals surface area (Å²) < 4.78 is 33.5. The molecule has 1 aromatic rings. The van der Waals surface area contributed by atoms with Gasteiger partial charge in [0.25, 0.3) is 10.0 Å². The van der Waals surface area contributed by atoms with Gasteiger partial charge in [-0.15, -0.1) is 0 Å². The van der Waals surface area contributed by atoms with Gasteiger partial charge in [-0.3, -0.25) is 4.31 Å². The lowest BCUT2D eigenvalue weighted by Gasteiger charge is -2.35. The largest absolute Gasteiger partial charge is 0.356 e. The van der Waals surface area contributed by atoms with Crippen LogP contribution in [0.4, 0.5) is 0 Å². The van der Waals surface area contributed by atoms with E-state index < -0.39 is 15.6 Å². The van der Waals surface area contributed by atoms with E-state index in [0.717, 1.165) is 17.6 Å². The van der Waals surface area contributed by atoms with Gasteiger partial charge in [0.05, 0.1) is 10.5 Å². The second-order valence-electron chi connectivity index (χ2n) is 7.08. The van der Waals surface area contributed by atoms with Gasteiger partial charge >= 0.3 is 0 Å². The molecule has 2 bridgehead atoms. The Labute approximate surface area is 137 Å². The predicted octanol–water partition coefficient (Wildman–Crippen LogP) is 3.01. The van der Waals surface area contributed by atoms with Crippen molar-refractivity contribution in [2.24, 2.45) is 5.92 Å². The van der Waals surface area contributed by atoms with Crippen molar-refractivity contribution in [1.29, 1.82) is 0 Å². The third-order valence-electron chi connectivity index (χ3n) is 5.35. The van der Waals surface area contributed by atoms with Crippen LogP contribution in [-0.2, 0) is 14.8 Å². The normalized spacial score (nSPS) is 35.3. The van der Waals surface area contributed by atoms with Crippen molar-refractivity contribution >= 4 is 10.0 Å². The summed E-state index contributed by atoms with van der Waals surface area (Å²) in [5, 5.41) is 0. The van der Waals surface area contributed by atoms with Crippen LogP contribution in [0.15, 0.2) is 53.1 Å². The summed E-state index contributed by atoms with van der Waals surface area (Å²) in [5.74, 6) is 0.266. The molecule has 4 nitrogen and oxygen atoms in total. The maximum Gasteiger partial charge on any atom is 0.263 e. The van der Waals surface area contributed by atoms with Gasteiger partial charge in [0.2, 0.25) is 0 Å². The van der Waals surface area contributed by atoms with E-state index in [1.165, 1.54) is 4.31 Å². The molecule has 3 heterocycles. The van der Waals surface area contributed by atoms with Crippen molar-refractivity contribution in [2.45, 2.75) is 43.3 Å². The number of rotatable bonds is 2. The van der Waals surface area contributed by atoms with Crippen molar-refractivity contribution in [3.05, 3.63) is 53.8 Å². The van der Waals surface area contributed by atoms with Crippen LogP contribution in [-0.4, -0.2) is 30.5 Å². The number of fused-ring (bicyclic) bond motifs is 5. The lowest BCUT2D eigenvalue weighted by molar-refractivity contribution is -0.0181. The summed E-state index contributed by atoms with van der Waals surface area (Å²) in [6.07, 6.45) is 6.77. The van der Waals surface area contributed by atoms with E-state index in [0.29, 0.717) is 11.4 Å². The average molecular weight is 331 g/mol. The van der Waals surface area contributed by atoms with E-state index >= 15 is 0 Å². The molecular formula is C18H21NO3S. The highest BCUT2D eigenvalue weighted by molar-refractivity contribution is 7.89. The molecule has 3 atom stereocenters. The number of hydrogen-bond donors (Lipinski definition) is 0. The van der Waals surface area contributed by atoms with Crippen LogP contribution in [0.3, 0.4) is 0 Å². The molecule has 0 spiro atoms. The molecule has 1 fully saturated rings. The lowest BCUT2D eigenvalue weighted by atomic mass is 9.74. The average Bonchev–Trinajstić information content (AvgIpc) is 2.95. The van der Waals surface area contributed by atoms with Crippen molar-refractivity contribution in [2.75, 3.05) is 6.54 Å². The van der Waals surface area contributed by atoms with Crippen LogP contribution < -0.4 is 0 Å². The van der Waals surface area contributed by atoms with Gasteiger partial charge in [-0.25, -0.2) is 8.42 Å². The maximum atomic E-state index is 12.9. The van der Waals surface area contributed by atoms with Gasteiger partial charge in [0.1, 0.15) is 5.60 Å². The van der Waals surface area contributed by atoms with Crippen molar-refractivity contribution in [1.82, 2.24) is 4.31 Å². The number of ether oxygens (including phenoxy) is 1. The standard InChI is InChI=1S/C18H21NO3S/c1-13-4-6-14(7-5-13)23(20,21)19-11-8-15-16(12-19)18(3)10-9-17(15,2)22-18/h4-7,9-10,12,15H,8,11H2,1-3H3/t15-,17-,18+/m0/s1. The van der Waals surface area contributed by atoms with Crippen LogP contribution in [0.5, 0.6) is 0 Å². The lowest BCUT2D eigenvalue weighted by Crippen LogP contribution is -2.39. The summed E-state index contributed by atoms with van der Waals surface area (Å²) in [4.78, 5) is 0.342. The fourth-order valence-electron chi connectivity index (χ4n) is 4.02. The van der Waals surface area contributed by atoms with E-state index in [2.05, 4.69) is 19.1 Å². The van der Waals surface area contributed by atoms with Gasteiger partial charge in [0.15, 0.2) is 0 Å². The number of sulfonamides is 1. The maximum absolute atomic E-state index is 12.9. The first kappa shape index (κ1) is 15.0. The van der Waals surface area contributed by atoms with Gasteiger partial charge in [0, 0.05) is 18.7 Å². The van der Waals surface area contributed by atoms with Crippen LogP contribution >= 0.6 is 0 Å². The third-order valence-corrected chi connectivity index (χ3v) is 7.13. The van der Waals surface area contributed by atoms with Gasteiger partial charge in [-0.2, -0.15) is 0 Å². The second kappa shape index (κ2) is 4.48. The molecule has 1 saturated heterocycles. The smallest absolute Gasteiger partial charge is 0.263 e. The van der Waals surface area contributed by atoms with Crippen LogP contribution in [0.1, 0.15) is 25.8 Å². The molecule has 1 aromatic carbocycles. The summed E-state index contributed by atoms with van der Waals surface area (Å²) in [6, 6.07) is 7.02. The van der Waals surface area contributed by atoms with Crippen molar-refractivity contribution < 1.29 is 13.2 Å². The highest BCUT2D eigenvalue weighted by atomic mass is 32.2. The minimum Gasteiger partial charge on any atom is -0.356 e. The monoisotopic (exact) mass is 331 g/mol.